The molecule has 11 heteroatoms. The van der Waals surface area contributed by atoms with Gasteiger partial charge in [-0.15, -0.1) is 5.10 Å². The van der Waals surface area contributed by atoms with Gasteiger partial charge in [0.15, 0.2) is 27.1 Å². The van der Waals surface area contributed by atoms with E-state index in [4.69, 9.17) is 9.72 Å². The number of aromatic nitrogens is 5. The number of rotatable bonds is 4. The lowest BCUT2D eigenvalue weighted by atomic mass is 10.3. The predicted molar refractivity (Wildman–Crippen MR) is 96.7 cm³/mol. The first-order valence-electron chi connectivity index (χ1n) is 8.13. The van der Waals surface area contributed by atoms with Crippen LogP contribution in [-0.2, 0) is 14.6 Å². The number of pyridine rings is 1. The number of hydrogen-bond donors (Lipinski definition) is 2. The molecule has 3 aromatic rings. The van der Waals surface area contributed by atoms with Crippen LogP contribution in [0.4, 0.5) is 11.6 Å². The molecule has 1 aliphatic rings. The molecule has 0 aromatic carbocycles. The van der Waals surface area contributed by atoms with E-state index >= 15 is 0 Å². The largest absolute Gasteiger partial charge is 0.378 e. The van der Waals surface area contributed by atoms with Gasteiger partial charge < -0.3 is 15.0 Å². The standard InChI is InChI=1S/C15H19N7O3S/c1-16-14-13-10(26(2,23)24)9-12(21-5-7-25-8-6-21)18-15(13)22(20-14)11-3-4-17-19-11/h3-4,9H,5-8H2,1-2H3,(H,16,20)(H,17,19). The average molecular weight is 377 g/mol. The zero-order chi connectivity index (χ0) is 18.3. The van der Waals surface area contributed by atoms with Crippen molar-refractivity contribution in [2.45, 2.75) is 4.90 Å². The molecular weight excluding hydrogens is 358 g/mol. The van der Waals surface area contributed by atoms with Crippen molar-refractivity contribution < 1.29 is 13.2 Å². The highest BCUT2D eigenvalue weighted by Gasteiger charge is 2.25. The number of sulfone groups is 1. The van der Waals surface area contributed by atoms with E-state index in [1.54, 1.807) is 30.1 Å². The number of morpholine rings is 1. The van der Waals surface area contributed by atoms with Crippen LogP contribution in [0.5, 0.6) is 0 Å². The van der Waals surface area contributed by atoms with Gasteiger partial charge in [-0.25, -0.2) is 13.4 Å². The minimum atomic E-state index is -3.50. The number of nitrogens with zero attached hydrogens (tertiary/aromatic N) is 5. The molecule has 4 heterocycles. The number of anilines is 2. The van der Waals surface area contributed by atoms with Crippen LogP contribution >= 0.6 is 0 Å². The normalized spacial score (nSPS) is 15.5. The molecule has 0 aliphatic carbocycles. The summed E-state index contributed by atoms with van der Waals surface area (Å²) in [6, 6.07) is 3.36. The van der Waals surface area contributed by atoms with E-state index in [2.05, 4.69) is 20.6 Å². The van der Waals surface area contributed by atoms with Crippen molar-refractivity contribution in [2.24, 2.45) is 0 Å². The van der Waals surface area contributed by atoms with Crippen molar-refractivity contribution >= 4 is 32.5 Å². The van der Waals surface area contributed by atoms with Gasteiger partial charge in [0.2, 0.25) is 0 Å². The maximum absolute atomic E-state index is 12.5. The fourth-order valence-corrected chi connectivity index (χ4v) is 3.90. The van der Waals surface area contributed by atoms with Crippen LogP contribution in [0.15, 0.2) is 23.2 Å². The molecule has 0 unspecified atom stereocenters. The molecule has 1 aliphatic heterocycles. The first kappa shape index (κ1) is 16.8. The van der Waals surface area contributed by atoms with E-state index in [9.17, 15) is 8.42 Å². The van der Waals surface area contributed by atoms with Crippen molar-refractivity contribution in [3.8, 4) is 5.82 Å². The Hall–Kier alpha value is -2.66. The van der Waals surface area contributed by atoms with Crippen molar-refractivity contribution in [3.63, 3.8) is 0 Å². The summed E-state index contributed by atoms with van der Waals surface area (Å²) in [5, 5.41) is 14.7. The van der Waals surface area contributed by atoms with E-state index in [0.717, 1.165) is 0 Å². The highest BCUT2D eigenvalue weighted by molar-refractivity contribution is 7.91. The highest BCUT2D eigenvalue weighted by Crippen LogP contribution is 2.33. The van der Waals surface area contributed by atoms with E-state index in [1.807, 2.05) is 4.90 Å². The summed E-state index contributed by atoms with van der Waals surface area (Å²) < 4.78 is 31.9. The zero-order valence-electron chi connectivity index (χ0n) is 14.4. The summed E-state index contributed by atoms with van der Waals surface area (Å²) >= 11 is 0. The molecule has 138 valence electrons. The second kappa shape index (κ2) is 6.25. The number of fused-ring (bicyclic) bond motifs is 1. The third-order valence-corrected chi connectivity index (χ3v) is 5.39. The fraction of sp³-hybridized carbons (Fsp3) is 0.400. The van der Waals surface area contributed by atoms with Gasteiger partial charge in [-0.3, -0.25) is 5.10 Å². The van der Waals surface area contributed by atoms with Gasteiger partial charge in [0.25, 0.3) is 0 Å². The summed E-state index contributed by atoms with van der Waals surface area (Å²) in [7, 11) is -1.80. The number of ether oxygens (including phenoxy) is 1. The smallest absolute Gasteiger partial charge is 0.176 e. The van der Waals surface area contributed by atoms with Crippen LogP contribution in [0.3, 0.4) is 0 Å². The van der Waals surface area contributed by atoms with Gasteiger partial charge in [0, 0.05) is 38.5 Å². The summed E-state index contributed by atoms with van der Waals surface area (Å²) in [6.45, 7) is 2.46. The van der Waals surface area contributed by atoms with Crippen LogP contribution in [0.2, 0.25) is 0 Å². The van der Waals surface area contributed by atoms with Gasteiger partial charge in [0.1, 0.15) is 5.82 Å². The van der Waals surface area contributed by atoms with Crippen molar-refractivity contribution in [1.82, 2.24) is 25.0 Å². The molecule has 3 aromatic heterocycles. The SMILES string of the molecule is CNc1nn(-c2ccn[nH]2)c2nc(N3CCOCC3)cc(S(C)(=O)=O)c12. The van der Waals surface area contributed by atoms with Gasteiger partial charge in [-0.1, -0.05) is 0 Å². The minimum absolute atomic E-state index is 0.194. The topological polar surface area (TPSA) is 118 Å². The molecule has 0 atom stereocenters. The van der Waals surface area contributed by atoms with E-state index in [1.165, 1.54) is 6.26 Å². The Morgan fingerprint density at radius 3 is 2.69 bits per heavy atom. The molecule has 10 nitrogen and oxygen atoms in total. The maximum atomic E-state index is 12.5. The lowest BCUT2D eigenvalue weighted by molar-refractivity contribution is 0.122. The Morgan fingerprint density at radius 2 is 2.08 bits per heavy atom. The molecule has 4 rings (SSSR count). The fourth-order valence-electron chi connectivity index (χ4n) is 3.03. The molecular formula is C15H19N7O3S. The first-order chi connectivity index (χ1) is 12.5. The third kappa shape index (κ3) is 2.78. The zero-order valence-corrected chi connectivity index (χ0v) is 15.2. The molecule has 0 spiro atoms. The van der Waals surface area contributed by atoms with Crippen LogP contribution < -0.4 is 10.2 Å². The number of nitrogens with one attached hydrogen (secondary N) is 2. The summed E-state index contributed by atoms with van der Waals surface area (Å²) in [6.07, 6.45) is 2.79. The van der Waals surface area contributed by atoms with Crippen LogP contribution in [-0.4, -0.2) is 73.0 Å². The van der Waals surface area contributed by atoms with Gasteiger partial charge in [-0.2, -0.15) is 9.78 Å². The number of H-pyrrole nitrogens is 1. The van der Waals surface area contributed by atoms with Crippen LogP contribution in [0, 0.1) is 0 Å². The Labute approximate surface area is 150 Å². The van der Waals surface area contributed by atoms with Crippen LogP contribution in [0.1, 0.15) is 0 Å². The lowest BCUT2D eigenvalue weighted by Gasteiger charge is -2.28. The number of aromatic amines is 1. The summed E-state index contributed by atoms with van der Waals surface area (Å²) in [5.41, 5.74) is 0.447. The van der Waals surface area contributed by atoms with Crippen molar-refractivity contribution in [1.29, 1.82) is 0 Å². The molecule has 0 radical (unpaired) electrons. The Kier molecular flexibility index (Phi) is 4.04. The molecule has 0 amide bonds. The molecule has 2 N–H and O–H groups in total. The molecule has 0 bridgehead atoms. The van der Waals surface area contributed by atoms with E-state index in [-0.39, 0.29) is 4.90 Å². The van der Waals surface area contributed by atoms with E-state index in [0.29, 0.717) is 54.8 Å². The average Bonchev–Trinajstić information content (AvgIpc) is 3.28. The Morgan fingerprint density at radius 1 is 1.31 bits per heavy atom. The molecule has 1 saturated heterocycles. The quantitative estimate of drug-likeness (QED) is 0.672. The lowest BCUT2D eigenvalue weighted by Crippen LogP contribution is -2.36. The summed E-state index contributed by atoms with van der Waals surface area (Å²) in [5.74, 6) is 1.63. The van der Waals surface area contributed by atoms with E-state index < -0.39 is 9.84 Å². The second-order valence-corrected chi connectivity index (χ2v) is 7.99. The first-order valence-corrected chi connectivity index (χ1v) is 10.0. The number of hydrogen-bond acceptors (Lipinski definition) is 8. The van der Waals surface area contributed by atoms with Crippen molar-refractivity contribution in [2.75, 3.05) is 49.8 Å². The molecule has 26 heavy (non-hydrogen) atoms. The summed E-state index contributed by atoms with van der Waals surface area (Å²) in [4.78, 5) is 6.92. The second-order valence-electron chi connectivity index (χ2n) is 6.00. The van der Waals surface area contributed by atoms with Crippen molar-refractivity contribution in [3.05, 3.63) is 18.3 Å². The third-order valence-electron chi connectivity index (χ3n) is 4.27. The van der Waals surface area contributed by atoms with Gasteiger partial charge >= 0.3 is 0 Å². The predicted octanol–water partition coefficient (Wildman–Crippen LogP) is 0.425. The Balaban J connectivity index is 2.03. The monoisotopic (exact) mass is 377 g/mol. The molecule has 1 fully saturated rings. The maximum Gasteiger partial charge on any atom is 0.176 e. The Bertz CT molecular complexity index is 1040. The molecule has 0 saturated carbocycles. The van der Waals surface area contributed by atoms with Crippen LogP contribution in [0.25, 0.3) is 16.9 Å². The highest BCUT2D eigenvalue weighted by atomic mass is 32.2. The minimum Gasteiger partial charge on any atom is -0.378 e. The van der Waals surface area contributed by atoms with Gasteiger partial charge in [0.05, 0.1) is 29.7 Å². The van der Waals surface area contributed by atoms with Gasteiger partial charge in [-0.05, 0) is 0 Å².